The molecule has 9 heteroatoms. The number of amides is 3. The molecule has 3 rings (SSSR count). The molecule has 9 nitrogen and oxygen atoms in total. The second-order valence-corrected chi connectivity index (χ2v) is 8.49. The number of fused-ring (bicyclic) bond motifs is 1. The summed E-state index contributed by atoms with van der Waals surface area (Å²) in [5, 5.41) is 7.97. The van der Waals surface area contributed by atoms with Crippen molar-refractivity contribution in [3.05, 3.63) is 40.3 Å². The van der Waals surface area contributed by atoms with E-state index in [9.17, 15) is 19.2 Å². The number of nitrogens with zero attached hydrogens (tertiary/aromatic N) is 4. The molecule has 1 aliphatic rings. The fraction of sp³-hybridized carbons (Fsp3) is 0.500. The van der Waals surface area contributed by atoms with E-state index in [0.717, 1.165) is 0 Å². The summed E-state index contributed by atoms with van der Waals surface area (Å²) in [6.07, 6.45) is 0. The smallest absolute Gasteiger partial charge is 0.312 e. The molecule has 0 unspecified atom stereocenters. The van der Waals surface area contributed by atoms with Gasteiger partial charge in [-0.1, -0.05) is 32.0 Å². The molecule has 0 aliphatic carbocycles. The minimum absolute atomic E-state index is 0.125. The van der Waals surface area contributed by atoms with Crippen LogP contribution < -0.4 is 10.9 Å². The largest absolute Gasteiger partial charge is 0.346 e. The molecule has 2 heterocycles. The third-order valence-corrected chi connectivity index (χ3v) is 5.08. The first-order chi connectivity index (χ1) is 14.7. The lowest BCUT2D eigenvalue weighted by atomic mass is 10.1. The third kappa shape index (κ3) is 4.92. The van der Waals surface area contributed by atoms with Gasteiger partial charge in [0.1, 0.15) is 0 Å². The number of rotatable bonds is 4. The Bertz CT molecular complexity index is 1050. The standard InChI is InChI=1S/C22H29N5O4/c1-14(2)13-27-20(29)17-8-6-5-7-16(17)18(24-27)21(30)25-9-11-26(12-10-25)22(31)19(28)23-15(3)4/h5-8,14-15H,9-13H2,1-4H3,(H,23,28). The quantitative estimate of drug-likeness (QED) is 0.729. The lowest BCUT2D eigenvalue weighted by molar-refractivity contribution is -0.147. The van der Waals surface area contributed by atoms with Crippen LogP contribution in [-0.4, -0.2) is 69.5 Å². The number of aromatic nitrogens is 2. The lowest BCUT2D eigenvalue weighted by Gasteiger charge is -2.34. The first kappa shape index (κ1) is 22.5. The molecular formula is C22H29N5O4. The van der Waals surface area contributed by atoms with Crippen LogP contribution in [-0.2, 0) is 16.1 Å². The number of benzene rings is 1. The topological polar surface area (TPSA) is 105 Å². The van der Waals surface area contributed by atoms with E-state index in [-0.39, 0.29) is 42.2 Å². The summed E-state index contributed by atoms with van der Waals surface area (Å²) in [6.45, 7) is 9.07. The summed E-state index contributed by atoms with van der Waals surface area (Å²) in [7, 11) is 0. The first-order valence-corrected chi connectivity index (χ1v) is 10.6. The van der Waals surface area contributed by atoms with Crippen molar-refractivity contribution in [2.45, 2.75) is 40.3 Å². The van der Waals surface area contributed by atoms with Crippen molar-refractivity contribution in [3.63, 3.8) is 0 Å². The normalized spacial score (nSPS) is 14.4. The maximum Gasteiger partial charge on any atom is 0.312 e. The Morgan fingerprint density at radius 2 is 1.55 bits per heavy atom. The summed E-state index contributed by atoms with van der Waals surface area (Å²) in [5.41, 5.74) is 0.0145. The van der Waals surface area contributed by atoms with Crippen LogP contribution in [0.2, 0.25) is 0 Å². The second kappa shape index (κ2) is 9.28. The monoisotopic (exact) mass is 427 g/mol. The minimum Gasteiger partial charge on any atom is -0.346 e. The number of hydrogen-bond acceptors (Lipinski definition) is 5. The minimum atomic E-state index is -0.636. The van der Waals surface area contributed by atoms with Gasteiger partial charge < -0.3 is 15.1 Å². The van der Waals surface area contributed by atoms with E-state index in [4.69, 9.17) is 0 Å². The van der Waals surface area contributed by atoms with Gasteiger partial charge >= 0.3 is 11.8 Å². The zero-order chi connectivity index (χ0) is 22.7. The summed E-state index contributed by atoms with van der Waals surface area (Å²) in [4.78, 5) is 53.4. The SMILES string of the molecule is CC(C)Cn1nc(C(=O)N2CCN(C(=O)C(=O)NC(C)C)CC2)c2ccccc2c1=O. The molecule has 0 atom stereocenters. The fourth-order valence-electron chi connectivity index (χ4n) is 3.59. The van der Waals surface area contributed by atoms with Gasteiger partial charge in [0, 0.05) is 44.2 Å². The van der Waals surface area contributed by atoms with Gasteiger partial charge in [0.05, 0.1) is 5.39 Å². The Morgan fingerprint density at radius 3 is 2.13 bits per heavy atom. The zero-order valence-electron chi connectivity index (χ0n) is 18.4. The van der Waals surface area contributed by atoms with Crippen molar-refractivity contribution in [2.24, 2.45) is 5.92 Å². The van der Waals surface area contributed by atoms with Crippen LogP contribution in [0.3, 0.4) is 0 Å². The molecule has 166 valence electrons. The molecule has 1 N–H and O–H groups in total. The number of carbonyl (C=O) groups excluding carboxylic acids is 3. The Morgan fingerprint density at radius 1 is 0.968 bits per heavy atom. The number of piperazine rings is 1. The summed E-state index contributed by atoms with van der Waals surface area (Å²) < 4.78 is 1.36. The van der Waals surface area contributed by atoms with Crippen LogP contribution >= 0.6 is 0 Å². The van der Waals surface area contributed by atoms with Gasteiger partial charge in [-0.05, 0) is 25.8 Å². The van der Waals surface area contributed by atoms with Gasteiger partial charge in [-0.2, -0.15) is 5.10 Å². The van der Waals surface area contributed by atoms with E-state index in [0.29, 0.717) is 30.4 Å². The van der Waals surface area contributed by atoms with Crippen molar-refractivity contribution < 1.29 is 14.4 Å². The van der Waals surface area contributed by atoms with Crippen LogP contribution in [0.15, 0.2) is 29.1 Å². The van der Waals surface area contributed by atoms with E-state index in [1.54, 1.807) is 43.0 Å². The maximum absolute atomic E-state index is 13.3. The van der Waals surface area contributed by atoms with Gasteiger partial charge in [0.2, 0.25) is 0 Å². The van der Waals surface area contributed by atoms with Crippen molar-refractivity contribution in [2.75, 3.05) is 26.2 Å². The third-order valence-electron chi connectivity index (χ3n) is 5.08. The first-order valence-electron chi connectivity index (χ1n) is 10.6. The van der Waals surface area contributed by atoms with Crippen LogP contribution in [0.1, 0.15) is 38.2 Å². The summed E-state index contributed by atoms with van der Waals surface area (Å²) in [6, 6.07) is 6.85. The molecule has 1 fully saturated rings. The van der Waals surface area contributed by atoms with Crippen molar-refractivity contribution in [1.82, 2.24) is 24.9 Å². The molecule has 31 heavy (non-hydrogen) atoms. The van der Waals surface area contributed by atoms with E-state index in [2.05, 4.69) is 10.4 Å². The Labute approximate surface area is 181 Å². The molecule has 1 aromatic heterocycles. The summed E-state index contributed by atoms with van der Waals surface area (Å²) >= 11 is 0. The molecule has 0 spiro atoms. The highest BCUT2D eigenvalue weighted by Gasteiger charge is 2.30. The molecule has 0 saturated carbocycles. The lowest BCUT2D eigenvalue weighted by Crippen LogP contribution is -2.54. The number of hydrogen-bond donors (Lipinski definition) is 1. The Balaban J connectivity index is 1.81. The average molecular weight is 428 g/mol. The number of carbonyl (C=O) groups is 3. The molecule has 0 bridgehead atoms. The van der Waals surface area contributed by atoms with Crippen molar-refractivity contribution in [1.29, 1.82) is 0 Å². The van der Waals surface area contributed by atoms with Crippen molar-refractivity contribution >= 4 is 28.5 Å². The average Bonchev–Trinajstić information content (AvgIpc) is 2.74. The van der Waals surface area contributed by atoms with Crippen LogP contribution in [0.5, 0.6) is 0 Å². The molecule has 3 amide bonds. The molecular weight excluding hydrogens is 398 g/mol. The van der Waals surface area contributed by atoms with Gasteiger partial charge in [0.25, 0.3) is 11.5 Å². The van der Waals surface area contributed by atoms with E-state index < -0.39 is 11.8 Å². The van der Waals surface area contributed by atoms with E-state index in [1.165, 1.54) is 9.58 Å². The Kier molecular flexibility index (Phi) is 6.72. The van der Waals surface area contributed by atoms with Gasteiger partial charge in [-0.15, -0.1) is 0 Å². The fourth-order valence-corrected chi connectivity index (χ4v) is 3.59. The second-order valence-electron chi connectivity index (χ2n) is 8.49. The zero-order valence-corrected chi connectivity index (χ0v) is 18.4. The van der Waals surface area contributed by atoms with Gasteiger partial charge in [-0.25, -0.2) is 4.68 Å². The van der Waals surface area contributed by atoms with Crippen LogP contribution in [0, 0.1) is 5.92 Å². The Hall–Kier alpha value is -3.23. The predicted octanol–water partition coefficient (Wildman–Crippen LogP) is 0.862. The molecule has 2 aromatic rings. The highest BCUT2D eigenvalue weighted by Crippen LogP contribution is 2.17. The summed E-state index contributed by atoms with van der Waals surface area (Å²) in [5.74, 6) is -1.31. The van der Waals surface area contributed by atoms with Crippen LogP contribution in [0.4, 0.5) is 0 Å². The molecule has 0 radical (unpaired) electrons. The van der Waals surface area contributed by atoms with E-state index in [1.807, 2.05) is 13.8 Å². The molecule has 1 aromatic carbocycles. The van der Waals surface area contributed by atoms with Gasteiger partial charge in [-0.3, -0.25) is 19.2 Å². The van der Waals surface area contributed by atoms with Crippen LogP contribution in [0.25, 0.3) is 10.8 Å². The predicted molar refractivity (Wildman–Crippen MR) is 117 cm³/mol. The number of nitrogens with one attached hydrogen (secondary N) is 1. The van der Waals surface area contributed by atoms with E-state index >= 15 is 0 Å². The van der Waals surface area contributed by atoms with Crippen molar-refractivity contribution in [3.8, 4) is 0 Å². The molecule has 1 aliphatic heterocycles. The van der Waals surface area contributed by atoms with Gasteiger partial charge in [0.15, 0.2) is 5.69 Å². The molecule has 1 saturated heterocycles. The maximum atomic E-state index is 13.3. The highest BCUT2D eigenvalue weighted by molar-refractivity contribution is 6.35. The highest BCUT2D eigenvalue weighted by atomic mass is 16.2.